The Morgan fingerprint density at radius 3 is 2.47 bits per heavy atom. The van der Waals surface area contributed by atoms with Gasteiger partial charge in [0, 0.05) is 0 Å². The van der Waals surface area contributed by atoms with Crippen molar-refractivity contribution in [1.82, 2.24) is 0 Å². The van der Waals surface area contributed by atoms with Gasteiger partial charge in [0.15, 0.2) is 0 Å². The second-order valence-electron chi connectivity index (χ2n) is 4.41. The zero-order valence-corrected chi connectivity index (χ0v) is 11.3. The quantitative estimate of drug-likeness (QED) is 0.875. The standard InChI is InChI=1S/C13H20FNO.ClH/c1-4-8(2)13(16)12(15)10-5-6-11(14)9(3)7-10;/h5-8,12-13,16H,4,15H2,1-3H3;1H/t8?,12-,13+;/m1./s1. The lowest BCUT2D eigenvalue weighted by molar-refractivity contribution is 0.0879. The number of halogens is 2. The van der Waals surface area contributed by atoms with Crippen LogP contribution in [-0.4, -0.2) is 11.2 Å². The molecule has 1 rings (SSSR count). The highest BCUT2D eigenvalue weighted by molar-refractivity contribution is 5.85. The highest BCUT2D eigenvalue weighted by atomic mass is 35.5. The van der Waals surface area contributed by atoms with E-state index in [4.69, 9.17) is 5.73 Å². The van der Waals surface area contributed by atoms with Crippen molar-refractivity contribution in [3.05, 3.63) is 35.1 Å². The van der Waals surface area contributed by atoms with E-state index in [1.165, 1.54) is 6.07 Å². The zero-order valence-electron chi connectivity index (χ0n) is 10.5. The van der Waals surface area contributed by atoms with Crippen LogP contribution in [0.4, 0.5) is 4.39 Å². The van der Waals surface area contributed by atoms with Gasteiger partial charge in [-0.3, -0.25) is 0 Å². The fourth-order valence-corrected chi connectivity index (χ4v) is 1.67. The molecule has 3 N–H and O–H groups in total. The van der Waals surface area contributed by atoms with E-state index in [-0.39, 0.29) is 24.1 Å². The molecule has 98 valence electrons. The fraction of sp³-hybridized carbons (Fsp3) is 0.538. The molecule has 0 radical (unpaired) electrons. The van der Waals surface area contributed by atoms with Crippen molar-refractivity contribution in [2.45, 2.75) is 39.3 Å². The minimum Gasteiger partial charge on any atom is -0.391 e. The van der Waals surface area contributed by atoms with Crippen LogP contribution in [0.2, 0.25) is 0 Å². The summed E-state index contributed by atoms with van der Waals surface area (Å²) in [4.78, 5) is 0. The summed E-state index contributed by atoms with van der Waals surface area (Å²) in [6.45, 7) is 5.67. The first-order valence-electron chi connectivity index (χ1n) is 5.67. The summed E-state index contributed by atoms with van der Waals surface area (Å²) in [7, 11) is 0. The van der Waals surface area contributed by atoms with E-state index in [0.717, 1.165) is 12.0 Å². The third-order valence-corrected chi connectivity index (χ3v) is 3.16. The lowest BCUT2D eigenvalue weighted by Gasteiger charge is -2.24. The Hall–Kier alpha value is -0.640. The van der Waals surface area contributed by atoms with Crippen LogP contribution >= 0.6 is 12.4 Å². The van der Waals surface area contributed by atoms with Crippen LogP contribution in [-0.2, 0) is 0 Å². The molecule has 1 aromatic carbocycles. The summed E-state index contributed by atoms with van der Waals surface area (Å²) in [5.41, 5.74) is 7.31. The molecule has 3 atom stereocenters. The highest BCUT2D eigenvalue weighted by Gasteiger charge is 2.22. The molecule has 0 heterocycles. The van der Waals surface area contributed by atoms with Gasteiger partial charge >= 0.3 is 0 Å². The number of rotatable bonds is 4. The number of benzene rings is 1. The Kier molecular flexibility index (Phi) is 6.68. The van der Waals surface area contributed by atoms with Crippen LogP contribution in [0.5, 0.6) is 0 Å². The number of aliphatic hydroxyl groups is 1. The molecular weight excluding hydrogens is 241 g/mol. The molecule has 1 aromatic rings. The predicted molar refractivity (Wildman–Crippen MR) is 70.8 cm³/mol. The lowest BCUT2D eigenvalue weighted by atomic mass is 9.91. The molecule has 4 heteroatoms. The molecular formula is C13H21ClFNO. The maximum Gasteiger partial charge on any atom is 0.126 e. The first kappa shape index (κ1) is 16.4. The second-order valence-corrected chi connectivity index (χ2v) is 4.41. The topological polar surface area (TPSA) is 46.2 Å². The van der Waals surface area contributed by atoms with Gasteiger partial charge in [0.25, 0.3) is 0 Å². The van der Waals surface area contributed by atoms with Gasteiger partial charge in [0.2, 0.25) is 0 Å². The predicted octanol–water partition coefficient (Wildman–Crippen LogP) is 2.96. The average Bonchev–Trinajstić information content (AvgIpc) is 2.29. The SMILES string of the molecule is CCC(C)[C@H](O)[C@H](N)c1ccc(F)c(C)c1.Cl. The Morgan fingerprint density at radius 2 is 2.00 bits per heavy atom. The van der Waals surface area contributed by atoms with Crippen LogP contribution in [0.1, 0.15) is 37.4 Å². The van der Waals surface area contributed by atoms with Crippen molar-refractivity contribution >= 4 is 12.4 Å². The molecule has 1 unspecified atom stereocenters. The molecule has 0 aliphatic carbocycles. The van der Waals surface area contributed by atoms with Crippen molar-refractivity contribution in [3.8, 4) is 0 Å². The molecule has 0 fully saturated rings. The molecule has 0 aromatic heterocycles. The summed E-state index contributed by atoms with van der Waals surface area (Å²) < 4.78 is 13.1. The van der Waals surface area contributed by atoms with Gasteiger partial charge in [-0.25, -0.2) is 4.39 Å². The minimum atomic E-state index is -0.588. The van der Waals surface area contributed by atoms with Crippen LogP contribution in [0.15, 0.2) is 18.2 Å². The van der Waals surface area contributed by atoms with Crippen molar-refractivity contribution < 1.29 is 9.50 Å². The van der Waals surface area contributed by atoms with Gasteiger partial charge in [-0.15, -0.1) is 12.4 Å². The summed E-state index contributed by atoms with van der Waals surface area (Å²) in [6, 6.07) is 4.28. The van der Waals surface area contributed by atoms with Crippen molar-refractivity contribution in [2.75, 3.05) is 0 Å². The van der Waals surface area contributed by atoms with Crippen molar-refractivity contribution in [1.29, 1.82) is 0 Å². The fourth-order valence-electron chi connectivity index (χ4n) is 1.67. The third-order valence-electron chi connectivity index (χ3n) is 3.16. The smallest absolute Gasteiger partial charge is 0.126 e. The van der Waals surface area contributed by atoms with Gasteiger partial charge in [-0.05, 0) is 30.0 Å². The largest absolute Gasteiger partial charge is 0.391 e. The lowest BCUT2D eigenvalue weighted by Crippen LogP contribution is -2.31. The van der Waals surface area contributed by atoms with Crippen LogP contribution in [0.3, 0.4) is 0 Å². The third kappa shape index (κ3) is 3.95. The molecule has 2 nitrogen and oxygen atoms in total. The molecule has 0 aliphatic rings. The Bertz CT molecular complexity index is 359. The maximum absolute atomic E-state index is 13.1. The summed E-state index contributed by atoms with van der Waals surface area (Å²) in [5, 5.41) is 9.98. The van der Waals surface area contributed by atoms with E-state index < -0.39 is 12.1 Å². The summed E-state index contributed by atoms with van der Waals surface area (Å²) in [5.74, 6) is -0.102. The molecule has 0 spiro atoms. The van der Waals surface area contributed by atoms with Gasteiger partial charge in [-0.1, -0.05) is 32.4 Å². The molecule has 0 saturated heterocycles. The molecule has 0 saturated carbocycles. The Balaban J connectivity index is 0.00000256. The monoisotopic (exact) mass is 261 g/mol. The van der Waals surface area contributed by atoms with E-state index in [1.807, 2.05) is 13.8 Å². The number of hydrogen-bond donors (Lipinski definition) is 2. The zero-order chi connectivity index (χ0) is 12.3. The first-order valence-corrected chi connectivity index (χ1v) is 5.67. The summed E-state index contributed by atoms with van der Waals surface area (Å²) in [6.07, 6.45) is 0.282. The van der Waals surface area contributed by atoms with E-state index in [0.29, 0.717) is 5.56 Å². The first-order chi connectivity index (χ1) is 7.47. The van der Waals surface area contributed by atoms with Crippen LogP contribution in [0, 0.1) is 18.7 Å². The van der Waals surface area contributed by atoms with Gasteiger partial charge < -0.3 is 10.8 Å². The van der Waals surface area contributed by atoms with Gasteiger partial charge in [0.05, 0.1) is 12.1 Å². The molecule has 17 heavy (non-hydrogen) atoms. The van der Waals surface area contributed by atoms with E-state index >= 15 is 0 Å². The van der Waals surface area contributed by atoms with E-state index in [1.54, 1.807) is 19.1 Å². The van der Waals surface area contributed by atoms with Crippen molar-refractivity contribution in [2.24, 2.45) is 11.7 Å². The molecule has 0 aliphatic heterocycles. The van der Waals surface area contributed by atoms with Crippen LogP contribution in [0.25, 0.3) is 0 Å². The second kappa shape index (κ2) is 6.94. The normalized spacial score (nSPS) is 15.9. The summed E-state index contributed by atoms with van der Waals surface area (Å²) >= 11 is 0. The Labute approximate surface area is 108 Å². The van der Waals surface area contributed by atoms with E-state index in [2.05, 4.69) is 0 Å². The number of aryl methyl sites for hydroxylation is 1. The van der Waals surface area contributed by atoms with E-state index in [9.17, 15) is 9.50 Å². The van der Waals surface area contributed by atoms with Gasteiger partial charge in [0.1, 0.15) is 5.82 Å². The minimum absolute atomic E-state index is 0. The number of nitrogens with two attached hydrogens (primary N) is 1. The molecule has 0 amide bonds. The molecule has 0 bridgehead atoms. The van der Waals surface area contributed by atoms with Gasteiger partial charge in [-0.2, -0.15) is 0 Å². The number of hydrogen-bond acceptors (Lipinski definition) is 2. The van der Waals surface area contributed by atoms with Crippen LogP contribution < -0.4 is 5.73 Å². The van der Waals surface area contributed by atoms with Crippen molar-refractivity contribution in [3.63, 3.8) is 0 Å². The maximum atomic E-state index is 13.1. The Morgan fingerprint density at radius 1 is 1.41 bits per heavy atom. The number of aliphatic hydroxyl groups excluding tert-OH is 1. The highest BCUT2D eigenvalue weighted by Crippen LogP contribution is 2.23. The average molecular weight is 262 g/mol.